The third kappa shape index (κ3) is 8.30. The van der Waals surface area contributed by atoms with Crippen molar-refractivity contribution in [3.63, 3.8) is 0 Å². The Hall–Kier alpha value is -2.41. The first kappa shape index (κ1) is 20.6. The second kappa shape index (κ2) is 10.5. The van der Waals surface area contributed by atoms with Gasteiger partial charge in [0.1, 0.15) is 6.04 Å². The topological polar surface area (TPSA) is 113 Å². The molecular weight excluding hydrogens is 320 g/mol. The number of rotatable bonds is 10. The van der Waals surface area contributed by atoms with Gasteiger partial charge in [0.15, 0.2) is 0 Å². The van der Waals surface area contributed by atoms with Crippen LogP contribution < -0.4 is 21.7 Å². The molecule has 7 nitrogen and oxygen atoms in total. The van der Waals surface area contributed by atoms with Crippen LogP contribution in [-0.4, -0.2) is 36.3 Å². The minimum absolute atomic E-state index is 0.206. The Kier molecular flexibility index (Phi) is 8.63. The number of carbonyl (C=O) groups is 3. The van der Waals surface area contributed by atoms with Crippen LogP contribution in [0.25, 0.3) is 0 Å². The zero-order valence-electron chi connectivity index (χ0n) is 15.0. The third-order valence-electron chi connectivity index (χ3n) is 3.63. The van der Waals surface area contributed by atoms with Crippen LogP contribution in [0.3, 0.4) is 0 Å². The molecule has 1 aromatic carbocycles. The lowest BCUT2D eigenvalue weighted by Gasteiger charge is -2.22. The molecule has 0 aliphatic carbocycles. The zero-order valence-corrected chi connectivity index (χ0v) is 15.0. The van der Waals surface area contributed by atoms with E-state index in [0.29, 0.717) is 13.0 Å². The number of benzene rings is 1. The van der Waals surface area contributed by atoms with Gasteiger partial charge in [0.2, 0.25) is 17.7 Å². The van der Waals surface area contributed by atoms with E-state index in [1.54, 1.807) is 6.92 Å². The predicted octanol–water partition coefficient (Wildman–Crippen LogP) is 0.297. The quantitative estimate of drug-likeness (QED) is 0.487. The van der Waals surface area contributed by atoms with Crippen molar-refractivity contribution >= 4 is 17.7 Å². The fourth-order valence-corrected chi connectivity index (χ4v) is 2.26. The number of hydrogen-bond acceptors (Lipinski definition) is 4. The van der Waals surface area contributed by atoms with Crippen molar-refractivity contribution in [2.75, 3.05) is 6.54 Å². The van der Waals surface area contributed by atoms with Crippen molar-refractivity contribution in [1.29, 1.82) is 0 Å². The molecule has 0 bridgehead atoms. The third-order valence-corrected chi connectivity index (χ3v) is 3.63. The summed E-state index contributed by atoms with van der Waals surface area (Å²) in [5.41, 5.74) is 6.10. The van der Waals surface area contributed by atoms with Crippen LogP contribution in [0, 0.1) is 5.92 Å². The van der Waals surface area contributed by atoms with Gasteiger partial charge in [-0.2, -0.15) is 0 Å². The lowest BCUT2D eigenvalue weighted by molar-refractivity contribution is -0.131. The Balaban J connectivity index is 2.57. The highest BCUT2D eigenvalue weighted by molar-refractivity contribution is 5.91. The molecule has 2 atom stereocenters. The minimum Gasteiger partial charge on any atom is -0.368 e. The lowest BCUT2D eigenvalue weighted by atomic mass is 10.0. The summed E-state index contributed by atoms with van der Waals surface area (Å²) in [5.74, 6) is -1.09. The standard InChI is InChI=1S/C18H28N4O3/c1-12(2)9-15(18(25)21-11-16(19)23)22-17(24)13(3)20-10-14-7-5-4-6-8-14/h4-8,12-13,15,20H,9-11H2,1-3H3,(H2,19,23)(H,21,25)(H,22,24)/t13-,15-/m0/s1. The smallest absolute Gasteiger partial charge is 0.243 e. The highest BCUT2D eigenvalue weighted by Crippen LogP contribution is 2.06. The second-order valence-electron chi connectivity index (χ2n) is 6.46. The van der Waals surface area contributed by atoms with Gasteiger partial charge in [-0.1, -0.05) is 44.2 Å². The number of nitrogens with one attached hydrogen (secondary N) is 3. The molecule has 0 saturated carbocycles. The number of amides is 3. The summed E-state index contributed by atoms with van der Waals surface area (Å²) in [5, 5.41) is 8.31. The predicted molar refractivity (Wildman–Crippen MR) is 96.3 cm³/mol. The van der Waals surface area contributed by atoms with Crippen molar-refractivity contribution in [3.8, 4) is 0 Å². The maximum absolute atomic E-state index is 12.4. The van der Waals surface area contributed by atoms with Gasteiger partial charge in [0.25, 0.3) is 0 Å². The SMILES string of the molecule is CC(C)C[C@H](NC(=O)[C@H](C)NCc1ccccc1)C(=O)NCC(N)=O. The molecule has 0 unspecified atom stereocenters. The van der Waals surface area contributed by atoms with Crippen molar-refractivity contribution in [2.45, 2.75) is 45.8 Å². The molecule has 0 spiro atoms. The van der Waals surface area contributed by atoms with Crippen LogP contribution in [0.5, 0.6) is 0 Å². The van der Waals surface area contributed by atoms with E-state index in [0.717, 1.165) is 5.56 Å². The summed E-state index contributed by atoms with van der Waals surface area (Å²) in [6.45, 7) is 5.96. The van der Waals surface area contributed by atoms with Gasteiger partial charge in [-0.3, -0.25) is 14.4 Å². The molecule has 25 heavy (non-hydrogen) atoms. The number of hydrogen-bond donors (Lipinski definition) is 4. The van der Waals surface area contributed by atoms with E-state index < -0.39 is 23.9 Å². The molecule has 0 radical (unpaired) electrons. The zero-order chi connectivity index (χ0) is 18.8. The molecule has 3 amide bonds. The minimum atomic E-state index is -0.701. The van der Waals surface area contributed by atoms with Gasteiger partial charge >= 0.3 is 0 Å². The monoisotopic (exact) mass is 348 g/mol. The summed E-state index contributed by atoms with van der Waals surface area (Å²) in [4.78, 5) is 35.3. The maximum atomic E-state index is 12.4. The summed E-state index contributed by atoms with van der Waals surface area (Å²) in [7, 11) is 0. The average molecular weight is 348 g/mol. The molecular formula is C18H28N4O3. The number of carbonyl (C=O) groups excluding carboxylic acids is 3. The molecule has 0 aliphatic rings. The van der Waals surface area contributed by atoms with Gasteiger partial charge in [-0.25, -0.2) is 0 Å². The van der Waals surface area contributed by atoms with Crippen molar-refractivity contribution in [2.24, 2.45) is 11.7 Å². The van der Waals surface area contributed by atoms with Crippen LogP contribution in [0.2, 0.25) is 0 Å². The molecule has 0 heterocycles. The molecule has 0 aliphatic heterocycles. The Bertz CT molecular complexity index is 575. The van der Waals surface area contributed by atoms with E-state index in [9.17, 15) is 14.4 Å². The summed E-state index contributed by atoms with van der Waals surface area (Å²) >= 11 is 0. The van der Waals surface area contributed by atoms with Crippen LogP contribution in [-0.2, 0) is 20.9 Å². The fourth-order valence-electron chi connectivity index (χ4n) is 2.26. The average Bonchev–Trinajstić information content (AvgIpc) is 2.57. The highest BCUT2D eigenvalue weighted by atomic mass is 16.2. The highest BCUT2D eigenvalue weighted by Gasteiger charge is 2.24. The molecule has 1 aromatic rings. The van der Waals surface area contributed by atoms with Crippen molar-refractivity contribution in [1.82, 2.24) is 16.0 Å². The first-order chi connectivity index (χ1) is 11.8. The van der Waals surface area contributed by atoms with E-state index >= 15 is 0 Å². The molecule has 1 rings (SSSR count). The van der Waals surface area contributed by atoms with Gasteiger partial charge in [-0.05, 0) is 24.8 Å². The lowest BCUT2D eigenvalue weighted by Crippen LogP contribution is -2.53. The number of primary amides is 1. The van der Waals surface area contributed by atoms with Gasteiger partial charge in [0, 0.05) is 6.54 Å². The van der Waals surface area contributed by atoms with E-state index in [4.69, 9.17) is 5.73 Å². The molecule has 7 heteroatoms. The van der Waals surface area contributed by atoms with Crippen molar-refractivity contribution in [3.05, 3.63) is 35.9 Å². The Labute approximate surface area is 148 Å². The van der Waals surface area contributed by atoms with Crippen LogP contribution in [0.15, 0.2) is 30.3 Å². The van der Waals surface area contributed by atoms with E-state index in [2.05, 4.69) is 16.0 Å². The molecule has 0 fully saturated rings. The summed E-state index contributed by atoms with van der Waals surface area (Å²) in [6, 6.07) is 8.58. The number of nitrogens with two attached hydrogens (primary N) is 1. The van der Waals surface area contributed by atoms with E-state index in [-0.39, 0.29) is 18.4 Å². The van der Waals surface area contributed by atoms with Gasteiger partial charge < -0.3 is 21.7 Å². The summed E-state index contributed by atoms with van der Waals surface area (Å²) < 4.78 is 0. The first-order valence-corrected chi connectivity index (χ1v) is 8.43. The fraction of sp³-hybridized carbons (Fsp3) is 0.500. The maximum Gasteiger partial charge on any atom is 0.243 e. The molecule has 0 aromatic heterocycles. The largest absolute Gasteiger partial charge is 0.368 e. The van der Waals surface area contributed by atoms with E-state index in [1.807, 2.05) is 44.2 Å². The Morgan fingerprint density at radius 3 is 2.24 bits per heavy atom. The Morgan fingerprint density at radius 1 is 1.04 bits per heavy atom. The molecule has 0 saturated heterocycles. The van der Waals surface area contributed by atoms with Crippen LogP contribution in [0.4, 0.5) is 0 Å². The second-order valence-corrected chi connectivity index (χ2v) is 6.46. The van der Waals surface area contributed by atoms with E-state index in [1.165, 1.54) is 0 Å². The van der Waals surface area contributed by atoms with Crippen LogP contribution >= 0.6 is 0 Å². The summed E-state index contributed by atoms with van der Waals surface area (Å²) in [6.07, 6.45) is 0.474. The molecule has 138 valence electrons. The van der Waals surface area contributed by atoms with Gasteiger partial charge in [0.05, 0.1) is 12.6 Å². The normalized spacial score (nSPS) is 13.1. The van der Waals surface area contributed by atoms with Crippen LogP contribution in [0.1, 0.15) is 32.8 Å². The molecule has 5 N–H and O–H groups in total. The van der Waals surface area contributed by atoms with Gasteiger partial charge in [-0.15, -0.1) is 0 Å². The first-order valence-electron chi connectivity index (χ1n) is 8.43. The Morgan fingerprint density at radius 2 is 1.68 bits per heavy atom. The van der Waals surface area contributed by atoms with Crippen molar-refractivity contribution < 1.29 is 14.4 Å².